The lowest BCUT2D eigenvalue weighted by Gasteiger charge is -2.36. The fraction of sp³-hybridized carbons (Fsp3) is 0.619. The lowest BCUT2D eigenvalue weighted by atomic mass is 9.89. The van der Waals surface area contributed by atoms with Gasteiger partial charge < -0.3 is 15.1 Å². The van der Waals surface area contributed by atoms with Gasteiger partial charge in [-0.3, -0.25) is 9.59 Å². The molecular formula is C21H29Cl2N3O2. The molecule has 2 atom stereocenters. The zero-order valence-electron chi connectivity index (χ0n) is 16.1. The molecule has 3 aliphatic rings. The summed E-state index contributed by atoms with van der Waals surface area (Å²) in [4.78, 5) is 29.0. The van der Waals surface area contributed by atoms with E-state index in [9.17, 15) is 9.59 Å². The van der Waals surface area contributed by atoms with Crippen LogP contribution in [0, 0.1) is 5.92 Å². The van der Waals surface area contributed by atoms with E-state index in [2.05, 4.69) is 5.32 Å². The molecular weight excluding hydrogens is 397 g/mol. The molecule has 1 aromatic carbocycles. The summed E-state index contributed by atoms with van der Waals surface area (Å²) >= 11 is 5.90. The highest BCUT2D eigenvalue weighted by molar-refractivity contribution is 6.30. The van der Waals surface area contributed by atoms with Gasteiger partial charge >= 0.3 is 0 Å². The molecule has 2 unspecified atom stereocenters. The van der Waals surface area contributed by atoms with Crippen LogP contribution in [0.1, 0.15) is 37.7 Å². The number of hydrogen-bond acceptors (Lipinski definition) is 3. The van der Waals surface area contributed by atoms with Crippen LogP contribution >= 0.6 is 24.0 Å². The summed E-state index contributed by atoms with van der Waals surface area (Å²) < 4.78 is 0. The van der Waals surface area contributed by atoms with Crippen molar-refractivity contribution < 1.29 is 9.59 Å². The van der Waals surface area contributed by atoms with Crippen molar-refractivity contribution >= 4 is 35.8 Å². The molecule has 2 bridgehead atoms. The van der Waals surface area contributed by atoms with Crippen LogP contribution in [-0.4, -0.2) is 59.9 Å². The molecule has 1 aromatic rings. The third kappa shape index (κ3) is 5.19. The topological polar surface area (TPSA) is 52.7 Å². The van der Waals surface area contributed by atoms with Gasteiger partial charge in [0.05, 0.1) is 6.42 Å². The molecule has 5 nitrogen and oxygen atoms in total. The Morgan fingerprint density at radius 1 is 0.929 bits per heavy atom. The second-order valence-electron chi connectivity index (χ2n) is 8.24. The van der Waals surface area contributed by atoms with Crippen molar-refractivity contribution in [2.24, 2.45) is 5.92 Å². The molecule has 4 rings (SSSR count). The number of hydrogen-bond donors (Lipinski definition) is 1. The van der Waals surface area contributed by atoms with Crippen molar-refractivity contribution in [1.29, 1.82) is 0 Å². The van der Waals surface area contributed by atoms with Crippen molar-refractivity contribution in [3.05, 3.63) is 34.9 Å². The molecule has 0 radical (unpaired) electrons. The molecule has 3 heterocycles. The zero-order valence-corrected chi connectivity index (χ0v) is 17.7. The molecule has 1 N–H and O–H groups in total. The average Bonchev–Trinajstić information content (AvgIpc) is 3.02. The number of rotatable bonds is 4. The SMILES string of the molecule is Cl.O=C(Cc1ccc(Cl)cc1)N1CCN(C(=O)CC2CC3CCC(C2)N3)CC1. The van der Waals surface area contributed by atoms with Crippen LogP contribution in [0.5, 0.6) is 0 Å². The average molecular weight is 426 g/mol. The first kappa shape index (κ1) is 21.4. The number of nitrogens with zero attached hydrogens (tertiary/aromatic N) is 2. The normalized spacial score (nSPS) is 26.7. The van der Waals surface area contributed by atoms with E-state index in [1.807, 2.05) is 34.1 Å². The largest absolute Gasteiger partial charge is 0.339 e. The number of carbonyl (C=O) groups excluding carboxylic acids is 2. The molecule has 3 saturated heterocycles. The van der Waals surface area contributed by atoms with E-state index in [0.717, 1.165) is 18.4 Å². The summed E-state index contributed by atoms with van der Waals surface area (Å²) in [6, 6.07) is 8.67. The predicted molar refractivity (Wildman–Crippen MR) is 113 cm³/mol. The minimum atomic E-state index is 0. The molecule has 154 valence electrons. The third-order valence-corrected chi connectivity index (χ3v) is 6.54. The zero-order chi connectivity index (χ0) is 18.8. The van der Waals surface area contributed by atoms with Crippen LogP contribution in [0.2, 0.25) is 5.02 Å². The predicted octanol–water partition coefficient (Wildman–Crippen LogP) is 2.90. The van der Waals surface area contributed by atoms with E-state index in [1.54, 1.807) is 0 Å². The lowest BCUT2D eigenvalue weighted by molar-refractivity contribution is -0.140. The second-order valence-corrected chi connectivity index (χ2v) is 8.68. The van der Waals surface area contributed by atoms with E-state index in [1.165, 1.54) is 12.8 Å². The van der Waals surface area contributed by atoms with Gasteiger partial charge in [-0.15, -0.1) is 12.4 Å². The van der Waals surface area contributed by atoms with Gasteiger partial charge in [-0.25, -0.2) is 0 Å². The Hall–Kier alpha value is -1.30. The number of halogens is 2. The molecule has 7 heteroatoms. The van der Waals surface area contributed by atoms with Crippen LogP contribution in [-0.2, 0) is 16.0 Å². The summed E-state index contributed by atoms with van der Waals surface area (Å²) in [6.07, 6.45) is 5.88. The Morgan fingerprint density at radius 3 is 2.04 bits per heavy atom. The van der Waals surface area contributed by atoms with Gasteiger partial charge in [-0.2, -0.15) is 0 Å². The van der Waals surface area contributed by atoms with Crippen LogP contribution in [0.3, 0.4) is 0 Å². The fourth-order valence-electron chi connectivity index (χ4n) is 4.81. The number of piperazine rings is 1. The third-order valence-electron chi connectivity index (χ3n) is 6.29. The Bertz CT molecular complexity index is 677. The minimum absolute atomic E-state index is 0. The fourth-order valence-corrected chi connectivity index (χ4v) is 4.94. The van der Waals surface area contributed by atoms with Gasteiger partial charge in [0.2, 0.25) is 11.8 Å². The Balaban J connectivity index is 0.00000225. The molecule has 3 aliphatic heterocycles. The van der Waals surface area contributed by atoms with Gasteiger partial charge in [0.1, 0.15) is 0 Å². The van der Waals surface area contributed by atoms with Crippen LogP contribution in [0.15, 0.2) is 24.3 Å². The monoisotopic (exact) mass is 425 g/mol. The van der Waals surface area contributed by atoms with Crippen LogP contribution in [0.4, 0.5) is 0 Å². The Kier molecular flexibility index (Phi) is 7.24. The lowest BCUT2D eigenvalue weighted by Crippen LogP contribution is -2.51. The van der Waals surface area contributed by atoms with Gasteiger partial charge in [-0.05, 0) is 49.3 Å². The van der Waals surface area contributed by atoms with E-state index in [4.69, 9.17) is 11.6 Å². The molecule has 0 aliphatic carbocycles. The maximum Gasteiger partial charge on any atom is 0.227 e. The minimum Gasteiger partial charge on any atom is -0.339 e. The molecule has 0 aromatic heterocycles. The van der Waals surface area contributed by atoms with Crippen molar-refractivity contribution in [2.75, 3.05) is 26.2 Å². The maximum atomic E-state index is 12.7. The number of amides is 2. The highest BCUT2D eigenvalue weighted by Crippen LogP contribution is 2.33. The van der Waals surface area contributed by atoms with E-state index >= 15 is 0 Å². The van der Waals surface area contributed by atoms with Gasteiger partial charge in [-0.1, -0.05) is 23.7 Å². The van der Waals surface area contributed by atoms with Crippen molar-refractivity contribution in [2.45, 2.75) is 50.6 Å². The number of benzene rings is 1. The summed E-state index contributed by atoms with van der Waals surface area (Å²) in [6.45, 7) is 2.58. The summed E-state index contributed by atoms with van der Waals surface area (Å²) in [5, 5.41) is 4.32. The van der Waals surface area contributed by atoms with Gasteiger partial charge in [0.25, 0.3) is 0 Å². The Labute approximate surface area is 178 Å². The molecule has 2 amide bonds. The molecule has 28 heavy (non-hydrogen) atoms. The molecule has 3 fully saturated rings. The van der Waals surface area contributed by atoms with Crippen molar-refractivity contribution in [1.82, 2.24) is 15.1 Å². The van der Waals surface area contributed by atoms with Crippen LogP contribution < -0.4 is 5.32 Å². The first-order valence-corrected chi connectivity index (χ1v) is 10.5. The van der Waals surface area contributed by atoms with E-state index < -0.39 is 0 Å². The summed E-state index contributed by atoms with van der Waals surface area (Å²) in [5.74, 6) is 0.922. The van der Waals surface area contributed by atoms with Gasteiger partial charge in [0.15, 0.2) is 0 Å². The van der Waals surface area contributed by atoms with Crippen molar-refractivity contribution in [3.63, 3.8) is 0 Å². The van der Waals surface area contributed by atoms with Gasteiger partial charge in [0, 0.05) is 49.7 Å². The highest BCUT2D eigenvalue weighted by Gasteiger charge is 2.35. The second kappa shape index (κ2) is 9.47. The quantitative estimate of drug-likeness (QED) is 0.806. The van der Waals surface area contributed by atoms with Crippen molar-refractivity contribution in [3.8, 4) is 0 Å². The maximum absolute atomic E-state index is 12.7. The smallest absolute Gasteiger partial charge is 0.227 e. The van der Waals surface area contributed by atoms with Crippen LogP contribution in [0.25, 0.3) is 0 Å². The number of fused-ring (bicyclic) bond motifs is 2. The highest BCUT2D eigenvalue weighted by atomic mass is 35.5. The van der Waals surface area contributed by atoms with E-state index in [-0.39, 0.29) is 24.2 Å². The first-order valence-electron chi connectivity index (χ1n) is 10.1. The summed E-state index contributed by atoms with van der Waals surface area (Å²) in [7, 11) is 0. The number of piperidine rings is 1. The molecule has 0 spiro atoms. The van der Waals surface area contributed by atoms with E-state index in [0.29, 0.717) is 62.0 Å². The number of carbonyl (C=O) groups is 2. The Morgan fingerprint density at radius 2 is 1.46 bits per heavy atom. The molecule has 0 saturated carbocycles. The summed E-state index contributed by atoms with van der Waals surface area (Å²) in [5.41, 5.74) is 0.975. The standard InChI is InChI=1S/C21H28ClN3O2.ClH/c22-17-3-1-15(2-4-17)13-20(26)24-7-9-25(10-8-24)21(27)14-16-11-18-5-6-19(12-16)23-18;/h1-4,16,18-19,23H,5-14H2;1H. The number of nitrogens with one attached hydrogen (secondary N) is 1. The first-order chi connectivity index (χ1) is 13.1.